The topological polar surface area (TPSA) is 22.1 Å². The number of hydrogen-bond donors (Lipinski definition) is 0. The smallest absolute Gasteiger partial charge is 0.0498 e. The van der Waals surface area contributed by atoms with E-state index < -0.39 is 0 Å². The van der Waals surface area contributed by atoms with Crippen LogP contribution >= 0.6 is 0 Å². The zero-order valence-electron chi connectivity index (χ0n) is 11.4. The molecule has 0 N–H and O–H groups in total. The summed E-state index contributed by atoms with van der Waals surface area (Å²) in [6.45, 7) is 10.8. The van der Waals surface area contributed by atoms with Crippen LogP contribution in [0.2, 0.25) is 0 Å². The summed E-state index contributed by atoms with van der Waals surface area (Å²) in [5, 5.41) is 0. The molecule has 2 heteroatoms. The SMILES string of the molecule is Cc1cnc(CC2CCOC2)cc1C(C)(C)C. The van der Waals surface area contributed by atoms with Gasteiger partial charge in [-0.15, -0.1) is 0 Å². The lowest BCUT2D eigenvalue weighted by molar-refractivity contribution is 0.185. The zero-order chi connectivity index (χ0) is 12.5. The minimum absolute atomic E-state index is 0.202. The van der Waals surface area contributed by atoms with E-state index in [1.54, 1.807) is 0 Å². The van der Waals surface area contributed by atoms with Crippen molar-refractivity contribution < 1.29 is 4.74 Å². The molecule has 2 nitrogen and oxygen atoms in total. The number of hydrogen-bond acceptors (Lipinski definition) is 2. The van der Waals surface area contributed by atoms with Gasteiger partial charge in [-0.25, -0.2) is 0 Å². The maximum atomic E-state index is 5.42. The molecule has 1 aliphatic heterocycles. The highest BCUT2D eigenvalue weighted by Crippen LogP contribution is 2.27. The van der Waals surface area contributed by atoms with Gasteiger partial charge < -0.3 is 4.74 Å². The Bertz CT molecular complexity index is 386. The highest BCUT2D eigenvalue weighted by atomic mass is 16.5. The summed E-state index contributed by atoms with van der Waals surface area (Å²) in [7, 11) is 0. The maximum Gasteiger partial charge on any atom is 0.0498 e. The molecule has 0 radical (unpaired) electrons. The molecule has 1 unspecified atom stereocenters. The molecule has 17 heavy (non-hydrogen) atoms. The minimum Gasteiger partial charge on any atom is -0.381 e. The highest BCUT2D eigenvalue weighted by Gasteiger charge is 2.20. The van der Waals surface area contributed by atoms with Crippen LogP contribution in [0.15, 0.2) is 12.3 Å². The van der Waals surface area contributed by atoms with Gasteiger partial charge in [0, 0.05) is 25.1 Å². The molecule has 0 aliphatic carbocycles. The van der Waals surface area contributed by atoms with Crippen molar-refractivity contribution in [3.8, 4) is 0 Å². The van der Waals surface area contributed by atoms with Gasteiger partial charge >= 0.3 is 0 Å². The minimum atomic E-state index is 0.202. The Morgan fingerprint density at radius 1 is 1.41 bits per heavy atom. The average molecular weight is 233 g/mol. The Hall–Kier alpha value is -0.890. The number of ether oxygens (including phenoxy) is 1. The first-order valence-electron chi connectivity index (χ1n) is 6.50. The molecule has 1 aromatic heterocycles. The molecule has 0 spiro atoms. The summed E-state index contributed by atoms with van der Waals surface area (Å²) in [5.74, 6) is 0.665. The van der Waals surface area contributed by atoms with E-state index in [1.807, 2.05) is 6.20 Å². The lowest BCUT2D eigenvalue weighted by Crippen LogP contribution is -2.15. The zero-order valence-corrected chi connectivity index (χ0v) is 11.4. The van der Waals surface area contributed by atoms with E-state index in [1.165, 1.54) is 23.2 Å². The molecule has 1 atom stereocenters. The Kier molecular flexibility index (Phi) is 3.53. The van der Waals surface area contributed by atoms with Gasteiger partial charge in [0.15, 0.2) is 0 Å². The Morgan fingerprint density at radius 3 is 2.76 bits per heavy atom. The van der Waals surface area contributed by atoms with Gasteiger partial charge in [0.2, 0.25) is 0 Å². The second-order valence-corrected chi connectivity index (χ2v) is 6.17. The molecule has 0 aromatic carbocycles. The average Bonchev–Trinajstić information content (AvgIpc) is 2.72. The first-order valence-corrected chi connectivity index (χ1v) is 6.50. The molecule has 0 bridgehead atoms. The van der Waals surface area contributed by atoms with Crippen LogP contribution in [0.25, 0.3) is 0 Å². The van der Waals surface area contributed by atoms with Crippen molar-refractivity contribution in [2.75, 3.05) is 13.2 Å². The predicted octanol–water partition coefficient (Wildman–Crippen LogP) is 3.27. The highest BCUT2D eigenvalue weighted by molar-refractivity contribution is 5.31. The lowest BCUT2D eigenvalue weighted by atomic mass is 9.84. The largest absolute Gasteiger partial charge is 0.381 e. The van der Waals surface area contributed by atoms with Crippen molar-refractivity contribution in [1.29, 1.82) is 0 Å². The van der Waals surface area contributed by atoms with Gasteiger partial charge in [0.1, 0.15) is 0 Å². The normalized spacial score (nSPS) is 20.8. The number of rotatable bonds is 2. The molecule has 1 fully saturated rings. The summed E-state index contributed by atoms with van der Waals surface area (Å²) in [4.78, 5) is 4.56. The third kappa shape index (κ3) is 3.06. The van der Waals surface area contributed by atoms with Crippen LogP contribution in [-0.4, -0.2) is 18.2 Å². The van der Waals surface area contributed by atoms with Crippen LogP contribution in [0.5, 0.6) is 0 Å². The first kappa shape index (κ1) is 12.6. The number of nitrogens with zero attached hydrogens (tertiary/aromatic N) is 1. The van der Waals surface area contributed by atoms with Gasteiger partial charge in [-0.1, -0.05) is 20.8 Å². The van der Waals surface area contributed by atoms with E-state index >= 15 is 0 Å². The standard InChI is InChI=1S/C15H23NO/c1-11-9-16-13(7-12-5-6-17-10-12)8-14(11)15(2,3)4/h8-9,12H,5-7,10H2,1-4H3. The van der Waals surface area contributed by atoms with Crippen LogP contribution in [-0.2, 0) is 16.6 Å². The number of pyridine rings is 1. The van der Waals surface area contributed by atoms with E-state index in [0.29, 0.717) is 5.92 Å². The third-order valence-electron chi connectivity index (χ3n) is 3.49. The fourth-order valence-corrected chi connectivity index (χ4v) is 2.53. The van der Waals surface area contributed by atoms with Crippen molar-refractivity contribution in [3.05, 3.63) is 29.1 Å². The van der Waals surface area contributed by atoms with Gasteiger partial charge in [0.25, 0.3) is 0 Å². The van der Waals surface area contributed by atoms with Gasteiger partial charge in [-0.05, 0) is 48.3 Å². The molecule has 1 aromatic rings. The van der Waals surface area contributed by atoms with Gasteiger partial charge in [-0.2, -0.15) is 0 Å². The molecule has 0 amide bonds. The van der Waals surface area contributed by atoms with Crippen LogP contribution in [0, 0.1) is 12.8 Å². The molecular formula is C15H23NO. The Morgan fingerprint density at radius 2 is 2.18 bits per heavy atom. The van der Waals surface area contributed by atoms with Crippen LogP contribution < -0.4 is 0 Å². The van der Waals surface area contributed by atoms with Crippen molar-refractivity contribution in [1.82, 2.24) is 4.98 Å². The molecule has 2 rings (SSSR count). The van der Waals surface area contributed by atoms with Gasteiger partial charge in [-0.3, -0.25) is 4.98 Å². The predicted molar refractivity (Wildman–Crippen MR) is 70.3 cm³/mol. The molecule has 0 saturated carbocycles. The van der Waals surface area contributed by atoms with Crippen molar-refractivity contribution >= 4 is 0 Å². The van der Waals surface area contributed by atoms with E-state index in [-0.39, 0.29) is 5.41 Å². The Balaban J connectivity index is 2.18. The number of aryl methyl sites for hydroxylation is 1. The van der Waals surface area contributed by atoms with Crippen molar-refractivity contribution in [3.63, 3.8) is 0 Å². The summed E-state index contributed by atoms with van der Waals surface area (Å²) < 4.78 is 5.42. The first-order chi connectivity index (χ1) is 7.97. The van der Waals surface area contributed by atoms with E-state index in [4.69, 9.17) is 4.74 Å². The second-order valence-electron chi connectivity index (χ2n) is 6.17. The molecule has 2 heterocycles. The molecule has 1 saturated heterocycles. The molecular weight excluding hydrogens is 210 g/mol. The summed E-state index contributed by atoms with van der Waals surface area (Å²) in [6.07, 6.45) is 4.26. The monoisotopic (exact) mass is 233 g/mol. The maximum absolute atomic E-state index is 5.42. The van der Waals surface area contributed by atoms with E-state index in [2.05, 4.69) is 38.7 Å². The van der Waals surface area contributed by atoms with E-state index in [9.17, 15) is 0 Å². The fourth-order valence-electron chi connectivity index (χ4n) is 2.53. The second kappa shape index (κ2) is 4.77. The quantitative estimate of drug-likeness (QED) is 0.782. The lowest BCUT2D eigenvalue weighted by Gasteiger charge is -2.22. The van der Waals surface area contributed by atoms with Crippen LogP contribution in [0.4, 0.5) is 0 Å². The summed E-state index contributed by atoms with van der Waals surface area (Å²) in [6, 6.07) is 2.29. The number of aromatic nitrogens is 1. The van der Waals surface area contributed by atoms with E-state index in [0.717, 1.165) is 19.6 Å². The van der Waals surface area contributed by atoms with Crippen molar-refractivity contribution in [2.45, 2.75) is 46.0 Å². The fraction of sp³-hybridized carbons (Fsp3) is 0.667. The third-order valence-corrected chi connectivity index (χ3v) is 3.49. The summed E-state index contributed by atoms with van der Waals surface area (Å²) in [5.41, 5.74) is 4.13. The van der Waals surface area contributed by atoms with Gasteiger partial charge in [0.05, 0.1) is 0 Å². The van der Waals surface area contributed by atoms with Crippen molar-refractivity contribution in [2.24, 2.45) is 5.92 Å². The van der Waals surface area contributed by atoms with Crippen LogP contribution in [0.1, 0.15) is 44.0 Å². The molecule has 94 valence electrons. The summed E-state index contributed by atoms with van der Waals surface area (Å²) >= 11 is 0. The molecule has 1 aliphatic rings. The Labute approximate surface area is 104 Å². The van der Waals surface area contributed by atoms with Crippen LogP contribution in [0.3, 0.4) is 0 Å².